The number of pyridine rings is 1. The molecule has 0 radical (unpaired) electrons. The van der Waals surface area contributed by atoms with Crippen molar-refractivity contribution in [3.63, 3.8) is 0 Å². The Morgan fingerprint density at radius 3 is 2.58 bits per heavy atom. The molecule has 1 aliphatic heterocycles. The summed E-state index contributed by atoms with van der Waals surface area (Å²) in [7, 11) is 0. The van der Waals surface area contributed by atoms with Crippen LogP contribution in [0.2, 0.25) is 0 Å². The average Bonchev–Trinajstić information content (AvgIpc) is 2.78. The van der Waals surface area contributed by atoms with E-state index in [2.05, 4.69) is 27.8 Å². The second-order valence-electron chi connectivity index (χ2n) is 8.13. The molecule has 0 atom stereocenters. The molecule has 0 spiro atoms. The van der Waals surface area contributed by atoms with E-state index in [1.807, 2.05) is 43.5 Å². The van der Waals surface area contributed by atoms with Gasteiger partial charge in [0.05, 0.1) is 0 Å². The van der Waals surface area contributed by atoms with Crippen molar-refractivity contribution >= 4 is 11.7 Å². The van der Waals surface area contributed by atoms with Crippen molar-refractivity contribution in [2.24, 2.45) is 5.92 Å². The Morgan fingerprint density at radius 1 is 1.19 bits per heavy atom. The zero-order valence-corrected chi connectivity index (χ0v) is 18.2. The SMILES string of the molecule is C=CNC(=O)C(=O)CCCC1CCN(Cc2ccc(Oc3ccc(C)cc3)nc2)CC1. The van der Waals surface area contributed by atoms with Gasteiger partial charge in [-0.15, -0.1) is 0 Å². The first-order valence-corrected chi connectivity index (χ1v) is 10.9. The number of aromatic nitrogens is 1. The Bertz CT molecular complexity index is 870. The van der Waals surface area contributed by atoms with E-state index in [0.29, 0.717) is 18.2 Å². The maximum atomic E-state index is 11.7. The normalized spacial score (nSPS) is 14.7. The van der Waals surface area contributed by atoms with Gasteiger partial charge in [0.15, 0.2) is 0 Å². The monoisotopic (exact) mass is 421 g/mol. The first-order chi connectivity index (χ1) is 15.0. The predicted octanol–water partition coefficient (Wildman–Crippen LogP) is 4.39. The summed E-state index contributed by atoms with van der Waals surface area (Å²) < 4.78 is 5.80. The number of likely N-dealkylation sites (tertiary alicyclic amines) is 1. The van der Waals surface area contributed by atoms with Gasteiger partial charge in [-0.2, -0.15) is 0 Å². The summed E-state index contributed by atoms with van der Waals surface area (Å²) >= 11 is 0. The number of carbonyl (C=O) groups excluding carboxylic acids is 2. The van der Waals surface area contributed by atoms with Gasteiger partial charge in [0, 0.05) is 25.2 Å². The molecule has 6 nitrogen and oxygen atoms in total. The van der Waals surface area contributed by atoms with E-state index in [9.17, 15) is 9.59 Å². The molecule has 0 unspecified atom stereocenters. The highest BCUT2D eigenvalue weighted by atomic mass is 16.5. The lowest BCUT2D eigenvalue weighted by Crippen LogP contribution is -2.33. The summed E-state index contributed by atoms with van der Waals surface area (Å²) in [6, 6.07) is 11.9. The van der Waals surface area contributed by atoms with Crippen LogP contribution in [0.5, 0.6) is 11.6 Å². The van der Waals surface area contributed by atoms with Gasteiger partial charge < -0.3 is 10.1 Å². The summed E-state index contributed by atoms with van der Waals surface area (Å²) in [6.07, 6.45) is 7.44. The molecule has 0 aliphatic carbocycles. The Kier molecular flexibility index (Phi) is 8.35. The Morgan fingerprint density at radius 2 is 1.94 bits per heavy atom. The molecule has 1 aliphatic rings. The van der Waals surface area contributed by atoms with Gasteiger partial charge >= 0.3 is 0 Å². The summed E-state index contributed by atoms with van der Waals surface area (Å²) in [5, 5.41) is 2.34. The number of nitrogens with zero attached hydrogens (tertiary/aromatic N) is 2. The number of ketones is 1. The fraction of sp³-hybridized carbons (Fsp3) is 0.400. The van der Waals surface area contributed by atoms with Crippen LogP contribution in [-0.4, -0.2) is 34.7 Å². The number of nitrogens with one attached hydrogen (secondary N) is 1. The number of Topliss-reactive ketones (excluding diaryl/α,β-unsaturated/α-hetero) is 1. The number of benzene rings is 1. The zero-order chi connectivity index (χ0) is 22.1. The van der Waals surface area contributed by atoms with Gasteiger partial charge in [-0.05, 0) is 75.5 Å². The molecule has 1 aromatic heterocycles. The molecular weight excluding hydrogens is 390 g/mol. The Balaban J connectivity index is 1.36. The minimum Gasteiger partial charge on any atom is -0.439 e. The summed E-state index contributed by atoms with van der Waals surface area (Å²) in [5.41, 5.74) is 2.37. The van der Waals surface area contributed by atoms with Crippen LogP contribution in [0.15, 0.2) is 55.4 Å². The lowest BCUT2D eigenvalue weighted by Gasteiger charge is -2.32. The first kappa shape index (κ1) is 22.7. The molecule has 1 saturated heterocycles. The van der Waals surface area contributed by atoms with Gasteiger partial charge in [-0.25, -0.2) is 4.98 Å². The number of hydrogen-bond acceptors (Lipinski definition) is 5. The van der Waals surface area contributed by atoms with E-state index in [1.54, 1.807) is 0 Å². The molecule has 1 fully saturated rings. The van der Waals surface area contributed by atoms with Crippen LogP contribution in [0, 0.1) is 12.8 Å². The fourth-order valence-corrected chi connectivity index (χ4v) is 3.82. The van der Waals surface area contributed by atoms with Crippen molar-refractivity contribution in [2.75, 3.05) is 13.1 Å². The highest BCUT2D eigenvalue weighted by molar-refractivity contribution is 6.36. The third-order valence-electron chi connectivity index (χ3n) is 5.66. The maximum absolute atomic E-state index is 11.7. The lowest BCUT2D eigenvalue weighted by atomic mass is 9.91. The van der Waals surface area contributed by atoms with Crippen LogP contribution in [-0.2, 0) is 16.1 Å². The number of piperidine rings is 1. The molecule has 31 heavy (non-hydrogen) atoms. The molecule has 164 valence electrons. The highest BCUT2D eigenvalue weighted by Gasteiger charge is 2.20. The number of rotatable bonds is 10. The quantitative estimate of drug-likeness (QED) is 0.576. The largest absolute Gasteiger partial charge is 0.439 e. The molecule has 2 heterocycles. The molecule has 6 heteroatoms. The van der Waals surface area contributed by atoms with Crippen LogP contribution in [0.1, 0.15) is 43.2 Å². The minimum atomic E-state index is -0.561. The standard InChI is InChI=1S/C25H31N3O3/c1-3-26-25(30)23(29)6-4-5-20-13-15-28(16-14-20)18-21-9-12-24(27-17-21)31-22-10-7-19(2)8-11-22/h3,7-12,17,20H,1,4-6,13-16,18H2,2H3,(H,26,30). The van der Waals surface area contributed by atoms with Crippen molar-refractivity contribution < 1.29 is 14.3 Å². The average molecular weight is 422 g/mol. The molecule has 3 rings (SSSR count). The molecule has 1 aromatic carbocycles. The van der Waals surface area contributed by atoms with Gasteiger partial charge in [0.2, 0.25) is 11.7 Å². The number of carbonyl (C=O) groups is 2. The van der Waals surface area contributed by atoms with Gasteiger partial charge in [-0.3, -0.25) is 14.5 Å². The summed E-state index contributed by atoms with van der Waals surface area (Å²) in [6.45, 7) is 8.40. The van der Waals surface area contributed by atoms with E-state index >= 15 is 0 Å². The third kappa shape index (κ3) is 7.33. The van der Waals surface area contributed by atoms with Gasteiger partial charge in [-0.1, -0.05) is 30.3 Å². The fourth-order valence-electron chi connectivity index (χ4n) is 3.82. The number of hydrogen-bond donors (Lipinski definition) is 1. The van der Waals surface area contributed by atoms with E-state index < -0.39 is 5.91 Å². The smallest absolute Gasteiger partial charge is 0.291 e. The van der Waals surface area contributed by atoms with Crippen LogP contribution in [0.3, 0.4) is 0 Å². The summed E-state index contributed by atoms with van der Waals surface area (Å²) in [5.74, 6) is 1.09. The van der Waals surface area contributed by atoms with Gasteiger partial charge in [0.25, 0.3) is 5.91 Å². The van der Waals surface area contributed by atoms with E-state index in [4.69, 9.17) is 4.74 Å². The molecule has 1 N–H and O–H groups in total. The van der Waals surface area contributed by atoms with Crippen molar-refractivity contribution in [2.45, 2.75) is 45.6 Å². The second kappa shape index (κ2) is 11.4. The predicted molar refractivity (Wildman–Crippen MR) is 121 cm³/mol. The molecule has 2 aromatic rings. The highest BCUT2D eigenvalue weighted by Crippen LogP contribution is 2.24. The Hall–Kier alpha value is -2.99. The van der Waals surface area contributed by atoms with Gasteiger partial charge in [0.1, 0.15) is 5.75 Å². The molecule has 1 amide bonds. The zero-order valence-electron chi connectivity index (χ0n) is 18.2. The second-order valence-corrected chi connectivity index (χ2v) is 8.13. The molecular formula is C25H31N3O3. The van der Waals surface area contributed by atoms with Crippen LogP contribution in [0.25, 0.3) is 0 Å². The molecule has 0 bridgehead atoms. The van der Waals surface area contributed by atoms with Crippen molar-refractivity contribution in [3.8, 4) is 11.6 Å². The maximum Gasteiger partial charge on any atom is 0.291 e. The minimum absolute atomic E-state index is 0.308. The first-order valence-electron chi connectivity index (χ1n) is 10.9. The van der Waals surface area contributed by atoms with E-state index in [1.165, 1.54) is 17.3 Å². The number of ether oxygens (including phenoxy) is 1. The van der Waals surface area contributed by atoms with Crippen LogP contribution in [0.4, 0.5) is 0 Å². The topological polar surface area (TPSA) is 71.5 Å². The number of aryl methyl sites for hydroxylation is 1. The van der Waals surface area contributed by atoms with E-state index in [0.717, 1.165) is 51.1 Å². The lowest BCUT2D eigenvalue weighted by molar-refractivity contribution is -0.137. The molecule has 0 saturated carbocycles. The summed E-state index contributed by atoms with van der Waals surface area (Å²) in [4.78, 5) is 30.0. The van der Waals surface area contributed by atoms with Crippen LogP contribution >= 0.6 is 0 Å². The van der Waals surface area contributed by atoms with Crippen LogP contribution < -0.4 is 10.1 Å². The van der Waals surface area contributed by atoms with E-state index in [-0.39, 0.29) is 5.78 Å². The van der Waals surface area contributed by atoms with Crippen molar-refractivity contribution in [1.29, 1.82) is 0 Å². The Labute approximate surface area is 184 Å². The van der Waals surface area contributed by atoms with Crippen molar-refractivity contribution in [1.82, 2.24) is 15.2 Å². The van der Waals surface area contributed by atoms with Crippen molar-refractivity contribution in [3.05, 3.63) is 66.5 Å². The third-order valence-corrected chi connectivity index (χ3v) is 5.66. The number of amides is 1.